The van der Waals surface area contributed by atoms with Crippen LogP contribution in [-0.4, -0.2) is 23.3 Å². The third-order valence-electron chi connectivity index (χ3n) is 5.04. The molecule has 0 atom stereocenters. The van der Waals surface area contributed by atoms with Crippen molar-refractivity contribution < 1.29 is 14.3 Å². The lowest BCUT2D eigenvalue weighted by atomic mass is 10.1. The zero-order chi connectivity index (χ0) is 20.5. The number of anilines is 2. The summed E-state index contributed by atoms with van der Waals surface area (Å²) in [5.74, 6) is 0.112. The Morgan fingerprint density at radius 3 is 2.76 bits per heavy atom. The summed E-state index contributed by atoms with van der Waals surface area (Å²) >= 11 is 0. The fourth-order valence-corrected chi connectivity index (χ4v) is 3.30. The molecule has 6 nitrogen and oxygen atoms in total. The third kappa shape index (κ3) is 3.57. The number of ether oxygens (including phenoxy) is 1. The van der Waals surface area contributed by atoms with Gasteiger partial charge in [-0.15, -0.1) is 0 Å². The molecule has 0 saturated heterocycles. The van der Waals surface area contributed by atoms with Gasteiger partial charge in [-0.2, -0.15) is 0 Å². The van der Waals surface area contributed by atoms with E-state index in [1.807, 2.05) is 51.1 Å². The maximum Gasteiger partial charge on any atom is 0.264 e. The maximum atomic E-state index is 13.2. The number of aromatic nitrogens is 1. The lowest BCUT2D eigenvalue weighted by Crippen LogP contribution is -2.38. The predicted octanol–water partition coefficient (Wildman–Crippen LogP) is 4.40. The van der Waals surface area contributed by atoms with Crippen LogP contribution < -0.4 is 15.0 Å². The van der Waals surface area contributed by atoms with E-state index < -0.39 is 0 Å². The van der Waals surface area contributed by atoms with Crippen molar-refractivity contribution in [2.45, 2.75) is 20.8 Å². The highest BCUT2D eigenvalue weighted by Gasteiger charge is 2.30. The highest BCUT2D eigenvalue weighted by molar-refractivity contribution is 6.12. The van der Waals surface area contributed by atoms with Gasteiger partial charge >= 0.3 is 0 Å². The van der Waals surface area contributed by atoms with Crippen molar-refractivity contribution in [1.82, 2.24) is 4.98 Å². The zero-order valence-corrected chi connectivity index (χ0v) is 16.5. The van der Waals surface area contributed by atoms with E-state index >= 15 is 0 Å². The number of nitrogens with zero attached hydrogens (tertiary/aromatic N) is 2. The van der Waals surface area contributed by atoms with Gasteiger partial charge in [0.25, 0.3) is 5.91 Å². The van der Waals surface area contributed by atoms with Gasteiger partial charge in [-0.1, -0.05) is 18.2 Å². The van der Waals surface area contributed by atoms with Crippen molar-refractivity contribution in [2.24, 2.45) is 0 Å². The summed E-state index contributed by atoms with van der Waals surface area (Å²) in [5, 5.41) is 2.92. The molecule has 146 valence electrons. The molecular weight excluding hydrogens is 366 g/mol. The Morgan fingerprint density at radius 1 is 1.10 bits per heavy atom. The molecule has 6 heteroatoms. The van der Waals surface area contributed by atoms with E-state index in [1.54, 1.807) is 24.4 Å². The molecule has 0 aliphatic carbocycles. The quantitative estimate of drug-likeness (QED) is 0.723. The van der Waals surface area contributed by atoms with Gasteiger partial charge < -0.3 is 10.1 Å². The van der Waals surface area contributed by atoms with Crippen LogP contribution in [0.1, 0.15) is 27.0 Å². The fourth-order valence-electron chi connectivity index (χ4n) is 3.30. The van der Waals surface area contributed by atoms with Gasteiger partial charge in [0.05, 0.1) is 5.69 Å². The van der Waals surface area contributed by atoms with E-state index in [2.05, 4.69) is 10.3 Å². The third-order valence-corrected chi connectivity index (χ3v) is 5.04. The largest absolute Gasteiger partial charge is 0.436 e. The first-order valence-corrected chi connectivity index (χ1v) is 9.35. The smallest absolute Gasteiger partial charge is 0.264 e. The fraction of sp³-hybridized carbons (Fsp3) is 0.174. The Balaban J connectivity index is 1.69. The van der Waals surface area contributed by atoms with Gasteiger partial charge in [-0.3, -0.25) is 14.5 Å². The number of rotatable bonds is 3. The molecule has 0 unspecified atom stereocenters. The molecule has 2 aromatic carbocycles. The van der Waals surface area contributed by atoms with E-state index in [0.29, 0.717) is 17.0 Å². The van der Waals surface area contributed by atoms with Crippen LogP contribution in [-0.2, 0) is 4.79 Å². The molecule has 0 spiro atoms. The number of nitrogens with one attached hydrogen (secondary N) is 1. The van der Waals surface area contributed by atoms with E-state index in [9.17, 15) is 9.59 Å². The Kier molecular flexibility index (Phi) is 4.76. The number of hydrogen-bond donors (Lipinski definition) is 1. The van der Waals surface area contributed by atoms with Crippen molar-refractivity contribution >= 4 is 23.2 Å². The number of benzene rings is 2. The number of aryl methyl sites for hydroxylation is 2. The van der Waals surface area contributed by atoms with Crippen molar-refractivity contribution in [3.05, 3.63) is 77.0 Å². The molecule has 1 aliphatic rings. The summed E-state index contributed by atoms with van der Waals surface area (Å²) in [6.07, 6.45) is 1.57. The molecule has 2 amide bonds. The normalized spacial score (nSPS) is 12.5. The number of fused-ring (bicyclic) bond motifs is 2. The minimum atomic E-state index is -0.325. The van der Waals surface area contributed by atoms with Crippen LogP contribution in [0.3, 0.4) is 0 Å². The van der Waals surface area contributed by atoms with Gasteiger partial charge in [0, 0.05) is 11.9 Å². The second-order valence-corrected chi connectivity index (χ2v) is 7.12. The molecule has 4 rings (SSSR count). The summed E-state index contributed by atoms with van der Waals surface area (Å²) in [6, 6.07) is 14.6. The number of hydrogen-bond acceptors (Lipinski definition) is 4. The number of amides is 2. The van der Waals surface area contributed by atoms with Crippen LogP contribution >= 0.6 is 0 Å². The van der Waals surface area contributed by atoms with Crippen molar-refractivity contribution in [3.63, 3.8) is 0 Å². The molecule has 0 radical (unpaired) electrons. The van der Waals surface area contributed by atoms with Gasteiger partial charge in [0.2, 0.25) is 11.8 Å². The predicted molar refractivity (Wildman–Crippen MR) is 112 cm³/mol. The SMILES string of the molecule is Cc1ccc2c(c1)N(CC(=O)Nc1cccc(C)c1C)C(=O)c1cccnc1O2. The van der Waals surface area contributed by atoms with Crippen LogP contribution in [0.4, 0.5) is 11.4 Å². The van der Waals surface area contributed by atoms with E-state index in [-0.39, 0.29) is 24.2 Å². The molecule has 0 saturated carbocycles. The van der Waals surface area contributed by atoms with Gasteiger partial charge in [0.1, 0.15) is 12.1 Å². The Morgan fingerprint density at radius 2 is 1.93 bits per heavy atom. The van der Waals surface area contributed by atoms with Crippen molar-refractivity contribution in [1.29, 1.82) is 0 Å². The lowest BCUT2D eigenvalue weighted by molar-refractivity contribution is -0.114. The standard InChI is InChI=1S/C23H21N3O3/c1-14-9-10-20-19(12-14)26(23(28)17-7-5-11-24-22(17)29-20)13-21(27)25-18-8-4-6-15(2)16(18)3/h4-12H,13H2,1-3H3,(H,25,27). The summed E-state index contributed by atoms with van der Waals surface area (Å²) in [4.78, 5) is 31.7. The van der Waals surface area contributed by atoms with Crippen molar-refractivity contribution in [2.75, 3.05) is 16.8 Å². The van der Waals surface area contributed by atoms with Gasteiger partial charge in [0.15, 0.2) is 5.75 Å². The zero-order valence-electron chi connectivity index (χ0n) is 16.5. The molecule has 0 fully saturated rings. The minimum absolute atomic E-state index is 0.139. The van der Waals surface area contributed by atoms with E-state index in [1.165, 1.54) is 4.90 Å². The highest BCUT2D eigenvalue weighted by Crippen LogP contribution is 2.38. The molecule has 3 aromatic rings. The second kappa shape index (κ2) is 7.39. The van der Waals surface area contributed by atoms with E-state index in [0.717, 1.165) is 22.4 Å². The summed E-state index contributed by atoms with van der Waals surface area (Å²) in [6.45, 7) is 5.73. The Hall–Kier alpha value is -3.67. The minimum Gasteiger partial charge on any atom is -0.436 e. The molecular formula is C23H21N3O3. The molecule has 1 N–H and O–H groups in total. The Labute approximate surface area is 169 Å². The Bertz CT molecular complexity index is 1120. The number of pyridine rings is 1. The monoisotopic (exact) mass is 387 g/mol. The molecule has 1 aliphatic heterocycles. The van der Waals surface area contributed by atoms with Crippen LogP contribution in [0.15, 0.2) is 54.7 Å². The average Bonchev–Trinajstić information content (AvgIpc) is 2.81. The van der Waals surface area contributed by atoms with Gasteiger partial charge in [-0.05, 0) is 67.8 Å². The van der Waals surface area contributed by atoms with Gasteiger partial charge in [-0.25, -0.2) is 4.98 Å². The van der Waals surface area contributed by atoms with Crippen LogP contribution in [0, 0.1) is 20.8 Å². The summed E-state index contributed by atoms with van der Waals surface area (Å²) in [7, 11) is 0. The summed E-state index contributed by atoms with van der Waals surface area (Å²) in [5.41, 5.74) is 4.64. The van der Waals surface area contributed by atoms with Crippen molar-refractivity contribution in [3.8, 4) is 11.6 Å². The first-order valence-electron chi connectivity index (χ1n) is 9.35. The first-order chi connectivity index (χ1) is 13.9. The lowest BCUT2D eigenvalue weighted by Gasteiger charge is -2.22. The van der Waals surface area contributed by atoms with Crippen LogP contribution in [0.5, 0.6) is 11.6 Å². The topological polar surface area (TPSA) is 71.5 Å². The molecule has 2 heterocycles. The first kappa shape index (κ1) is 18.7. The molecule has 0 bridgehead atoms. The molecule has 1 aromatic heterocycles. The molecule has 29 heavy (non-hydrogen) atoms. The summed E-state index contributed by atoms with van der Waals surface area (Å²) < 4.78 is 5.89. The highest BCUT2D eigenvalue weighted by atomic mass is 16.5. The second-order valence-electron chi connectivity index (χ2n) is 7.12. The number of carbonyl (C=O) groups excluding carboxylic acids is 2. The van der Waals surface area contributed by atoms with E-state index in [4.69, 9.17) is 4.74 Å². The average molecular weight is 387 g/mol. The van der Waals surface area contributed by atoms with Crippen LogP contribution in [0.2, 0.25) is 0 Å². The maximum absolute atomic E-state index is 13.2. The number of carbonyl (C=O) groups is 2. The van der Waals surface area contributed by atoms with Crippen LogP contribution in [0.25, 0.3) is 0 Å².